The summed E-state index contributed by atoms with van der Waals surface area (Å²) in [4.78, 5) is 2.22. The molecule has 0 amide bonds. The van der Waals surface area contributed by atoms with Crippen LogP contribution in [0.3, 0.4) is 0 Å². The maximum Gasteiger partial charge on any atom is 0.199 e. The molecular formula is C19H28N4O2S2. The Morgan fingerprint density at radius 1 is 1.30 bits per heavy atom. The first kappa shape index (κ1) is 20.2. The maximum absolute atomic E-state index is 11.9. The van der Waals surface area contributed by atoms with Crippen LogP contribution in [0.1, 0.15) is 25.8 Å². The van der Waals surface area contributed by atoms with Gasteiger partial charge in [0, 0.05) is 25.2 Å². The highest BCUT2D eigenvalue weighted by Crippen LogP contribution is 2.22. The van der Waals surface area contributed by atoms with Crippen LogP contribution >= 0.6 is 12.2 Å². The molecule has 0 aliphatic carbocycles. The van der Waals surface area contributed by atoms with Gasteiger partial charge in [0.1, 0.15) is 0 Å². The van der Waals surface area contributed by atoms with Gasteiger partial charge in [-0.2, -0.15) is 5.10 Å². The van der Waals surface area contributed by atoms with Crippen molar-refractivity contribution in [3.8, 4) is 11.4 Å². The minimum atomic E-state index is -2.93. The Balaban J connectivity index is 1.89. The number of sulfone groups is 1. The van der Waals surface area contributed by atoms with Gasteiger partial charge in [-0.25, -0.2) is 13.1 Å². The Morgan fingerprint density at radius 2 is 1.96 bits per heavy atom. The van der Waals surface area contributed by atoms with E-state index in [-0.39, 0.29) is 17.5 Å². The summed E-state index contributed by atoms with van der Waals surface area (Å²) in [6.45, 7) is 7.67. The van der Waals surface area contributed by atoms with Crippen LogP contribution < -0.4 is 0 Å². The van der Waals surface area contributed by atoms with Crippen LogP contribution in [0.5, 0.6) is 0 Å². The highest BCUT2D eigenvalue weighted by molar-refractivity contribution is 7.91. The van der Waals surface area contributed by atoms with E-state index in [1.54, 1.807) is 0 Å². The zero-order valence-electron chi connectivity index (χ0n) is 16.4. The van der Waals surface area contributed by atoms with Crippen LogP contribution in [-0.2, 0) is 23.6 Å². The van der Waals surface area contributed by atoms with Crippen LogP contribution in [0.2, 0.25) is 0 Å². The lowest BCUT2D eigenvalue weighted by Gasteiger charge is -2.29. The fourth-order valence-electron chi connectivity index (χ4n) is 3.56. The van der Waals surface area contributed by atoms with Gasteiger partial charge in [-0.1, -0.05) is 43.7 Å². The summed E-state index contributed by atoms with van der Waals surface area (Å²) in [5.41, 5.74) is 2.22. The Labute approximate surface area is 166 Å². The molecule has 0 saturated carbocycles. The molecule has 2 heterocycles. The summed E-state index contributed by atoms with van der Waals surface area (Å²) in [5.74, 6) is 1.76. The van der Waals surface area contributed by atoms with E-state index in [0.29, 0.717) is 23.8 Å². The van der Waals surface area contributed by atoms with Gasteiger partial charge in [0.15, 0.2) is 20.4 Å². The molecule has 1 saturated heterocycles. The molecule has 0 bridgehead atoms. The van der Waals surface area contributed by atoms with Crippen molar-refractivity contribution >= 4 is 22.1 Å². The summed E-state index contributed by atoms with van der Waals surface area (Å²) in [6.07, 6.45) is 0.681. The van der Waals surface area contributed by atoms with E-state index in [4.69, 9.17) is 17.3 Å². The predicted molar refractivity (Wildman–Crippen MR) is 111 cm³/mol. The minimum Gasteiger partial charge on any atom is -0.303 e. The van der Waals surface area contributed by atoms with Gasteiger partial charge < -0.3 is 4.57 Å². The smallest absolute Gasteiger partial charge is 0.199 e. The summed E-state index contributed by atoms with van der Waals surface area (Å²) in [5, 5.41) is 4.75. The molecule has 27 heavy (non-hydrogen) atoms. The van der Waals surface area contributed by atoms with E-state index < -0.39 is 9.84 Å². The number of nitrogens with zero attached hydrogens (tertiary/aromatic N) is 4. The first-order valence-corrected chi connectivity index (χ1v) is 11.5. The molecule has 0 radical (unpaired) electrons. The number of benzene rings is 1. The average molecular weight is 409 g/mol. The number of hydrogen-bond acceptors (Lipinski definition) is 5. The minimum absolute atomic E-state index is 0.0316. The molecule has 148 valence electrons. The monoisotopic (exact) mass is 408 g/mol. The third-order valence-electron chi connectivity index (χ3n) is 4.99. The van der Waals surface area contributed by atoms with Gasteiger partial charge in [0.2, 0.25) is 0 Å². The topological polar surface area (TPSA) is 60.1 Å². The largest absolute Gasteiger partial charge is 0.303 e. The van der Waals surface area contributed by atoms with Gasteiger partial charge >= 0.3 is 0 Å². The van der Waals surface area contributed by atoms with E-state index in [9.17, 15) is 8.42 Å². The molecule has 1 atom stereocenters. The second kappa shape index (κ2) is 7.85. The second-order valence-electron chi connectivity index (χ2n) is 7.89. The standard InChI is InChI=1S/C19H28N4O2S2/c1-14(2)11-22(17-9-10-27(24,25)12-17)13-23-19(26)21(4)18(20-23)16-7-5-15(3)6-8-16/h5-8,14,17H,9-13H2,1-4H3/t17-/m1/s1. The van der Waals surface area contributed by atoms with Crippen molar-refractivity contribution in [3.05, 3.63) is 34.6 Å². The van der Waals surface area contributed by atoms with Gasteiger partial charge in [0.25, 0.3) is 0 Å². The van der Waals surface area contributed by atoms with Crippen molar-refractivity contribution in [1.82, 2.24) is 19.2 Å². The Kier molecular flexibility index (Phi) is 5.88. The van der Waals surface area contributed by atoms with E-state index >= 15 is 0 Å². The normalized spacial score (nSPS) is 19.3. The summed E-state index contributed by atoms with van der Waals surface area (Å²) >= 11 is 5.61. The van der Waals surface area contributed by atoms with Crippen molar-refractivity contribution in [3.63, 3.8) is 0 Å². The third-order valence-corrected chi connectivity index (χ3v) is 7.23. The quantitative estimate of drug-likeness (QED) is 0.688. The highest BCUT2D eigenvalue weighted by atomic mass is 32.2. The lowest BCUT2D eigenvalue weighted by atomic mass is 10.1. The predicted octanol–water partition coefficient (Wildman–Crippen LogP) is 3.03. The first-order valence-electron chi connectivity index (χ1n) is 9.31. The van der Waals surface area contributed by atoms with Crippen LogP contribution in [0, 0.1) is 17.6 Å². The fourth-order valence-corrected chi connectivity index (χ4v) is 5.51. The molecular weight excluding hydrogens is 380 g/mol. The second-order valence-corrected chi connectivity index (χ2v) is 10.5. The Hall–Kier alpha value is -1.51. The molecule has 3 rings (SSSR count). The van der Waals surface area contributed by atoms with Crippen LogP contribution in [0.15, 0.2) is 24.3 Å². The maximum atomic E-state index is 11.9. The van der Waals surface area contributed by atoms with Crippen molar-refractivity contribution in [2.45, 2.75) is 39.9 Å². The summed E-state index contributed by atoms with van der Waals surface area (Å²) < 4.78 is 28.3. The van der Waals surface area contributed by atoms with Crippen molar-refractivity contribution < 1.29 is 8.42 Å². The molecule has 1 aromatic carbocycles. The van der Waals surface area contributed by atoms with Crippen LogP contribution in [0.25, 0.3) is 11.4 Å². The summed E-state index contributed by atoms with van der Waals surface area (Å²) in [7, 11) is -1.01. The van der Waals surface area contributed by atoms with E-state index in [2.05, 4.69) is 37.8 Å². The molecule has 6 nitrogen and oxygen atoms in total. The summed E-state index contributed by atoms with van der Waals surface area (Å²) in [6, 6.07) is 8.25. The Bertz CT molecular complexity index is 959. The van der Waals surface area contributed by atoms with Gasteiger partial charge in [-0.3, -0.25) is 4.90 Å². The third kappa shape index (κ3) is 4.67. The first-order chi connectivity index (χ1) is 12.7. The molecule has 1 aliphatic rings. The Morgan fingerprint density at radius 3 is 2.52 bits per heavy atom. The van der Waals surface area contributed by atoms with Crippen molar-refractivity contribution in [2.75, 3.05) is 18.1 Å². The number of hydrogen-bond donors (Lipinski definition) is 0. The molecule has 2 aromatic rings. The molecule has 0 spiro atoms. The van der Waals surface area contributed by atoms with Gasteiger partial charge in [-0.05, 0) is 31.5 Å². The van der Waals surface area contributed by atoms with E-state index in [1.165, 1.54) is 5.56 Å². The van der Waals surface area contributed by atoms with Crippen molar-refractivity contribution in [2.24, 2.45) is 13.0 Å². The average Bonchev–Trinajstić information content (AvgIpc) is 3.09. The lowest BCUT2D eigenvalue weighted by Crippen LogP contribution is -2.40. The number of rotatable bonds is 6. The van der Waals surface area contributed by atoms with Crippen LogP contribution in [0.4, 0.5) is 0 Å². The molecule has 1 aromatic heterocycles. The SMILES string of the molecule is Cc1ccc(-c2nn(CN(CC(C)C)[C@@H]3CCS(=O)(=O)C3)c(=S)n2C)cc1. The number of aryl methyl sites for hydroxylation is 1. The lowest BCUT2D eigenvalue weighted by molar-refractivity contribution is 0.137. The zero-order chi connectivity index (χ0) is 19.8. The number of aromatic nitrogens is 3. The van der Waals surface area contributed by atoms with E-state index in [0.717, 1.165) is 17.9 Å². The molecule has 1 aliphatic heterocycles. The molecule has 1 fully saturated rings. The highest BCUT2D eigenvalue weighted by Gasteiger charge is 2.33. The van der Waals surface area contributed by atoms with Gasteiger partial charge in [-0.15, -0.1) is 0 Å². The van der Waals surface area contributed by atoms with Crippen molar-refractivity contribution in [1.29, 1.82) is 0 Å². The van der Waals surface area contributed by atoms with Crippen LogP contribution in [-0.4, -0.2) is 51.8 Å². The van der Waals surface area contributed by atoms with E-state index in [1.807, 2.05) is 28.4 Å². The fraction of sp³-hybridized carbons (Fsp3) is 0.579. The molecule has 0 unspecified atom stereocenters. The zero-order valence-corrected chi connectivity index (χ0v) is 18.1. The molecule has 0 N–H and O–H groups in total. The molecule has 8 heteroatoms. The van der Waals surface area contributed by atoms with Gasteiger partial charge in [0.05, 0.1) is 18.2 Å².